The quantitative estimate of drug-likeness (QED) is 0.887. The molecule has 6 nitrogen and oxygen atoms in total. The minimum Gasteiger partial charge on any atom is -0.493 e. The van der Waals surface area contributed by atoms with Crippen molar-refractivity contribution in [3.63, 3.8) is 0 Å². The maximum Gasteiger partial charge on any atom is 0.338 e. The van der Waals surface area contributed by atoms with E-state index >= 15 is 0 Å². The Kier molecular flexibility index (Phi) is 4.44. The Morgan fingerprint density at radius 2 is 1.90 bits per heavy atom. The molecule has 0 unspecified atom stereocenters. The van der Waals surface area contributed by atoms with Crippen molar-refractivity contribution in [3.05, 3.63) is 40.8 Å². The van der Waals surface area contributed by atoms with Gasteiger partial charge in [0.15, 0.2) is 11.5 Å². The first-order valence-electron chi connectivity index (χ1n) is 5.91. The largest absolute Gasteiger partial charge is 0.493 e. The molecule has 1 aromatic carbocycles. The number of benzene rings is 1. The minimum absolute atomic E-state index is 0.0511. The van der Waals surface area contributed by atoms with Gasteiger partial charge in [0, 0.05) is 0 Å². The van der Waals surface area contributed by atoms with Gasteiger partial charge in [-0.1, -0.05) is 6.07 Å². The number of para-hydroxylation sites is 1. The first-order chi connectivity index (χ1) is 10.1. The lowest BCUT2D eigenvalue weighted by molar-refractivity contribution is 0.0698. The smallest absolute Gasteiger partial charge is 0.338 e. The second kappa shape index (κ2) is 6.27. The van der Waals surface area contributed by atoms with E-state index in [1.807, 2.05) is 0 Å². The minimum atomic E-state index is -1.09. The van der Waals surface area contributed by atoms with E-state index in [1.165, 1.54) is 20.3 Å². The molecule has 0 aliphatic carbocycles. The number of ether oxygens (including phenoxy) is 2. The van der Waals surface area contributed by atoms with Crippen molar-refractivity contribution in [1.29, 1.82) is 0 Å². The molecule has 110 valence electrons. The molecule has 2 rings (SSSR count). The number of rotatable bonds is 5. The van der Waals surface area contributed by atoms with Crippen LogP contribution in [0.4, 0.5) is 5.00 Å². The van der Waals surface area contributed by atoms with Crippen LogP contribution in [0.1, 0.15) is 20.7 Å². The van der Waals surface area contributed by atoms with Crippen molar-refractivity contribution >= 4 is 28.2 Å². The average Bonchev–Trinajstić information content (AvgIpc) is 2.94. The average molecular weight is 307 g/mol. The van der Waals surface area contributed by atoms with Gasteiger partial charge >= 0.3 is 5.97 Å². The lowest BCUT2D eigenvalue weighted by atomic mass is 10.1. The fraction of sp³-hybridized carbons (Fsp3) is 0.143. The predicted molar refractivity (Wildman–Crippen MR) is 78.8 cm³/mol. The van der Waals surface area contributed by atoms with Gasteiger partial charge in [-0.3, -0.25) is 4.79 Å². The Bertz CT molecular complexity index is 680. The molecule has 1 aromatic heterocycles. The van der Waals surface area contributed by atoms with Crippen LogP contribution in [0.25, 0.3) is 0 Å². The summed E-state index contributed by atoms with van der Waals surface area (Å²) in [5.74, 6) is -0.833. The lowest BCUT2D eigenvalue weighted by Crippen LogP contribution is -2.14. The third-order valence-corrected chi connectivity index (χ3v) is 3.60. The summed E-state index contributed by atoms with van der Waals surface area (Å²) in [6.07, 6.45) is 0. The van der Waals surface area contributed by atoms with Gasteiger partial charge in [0.1, 0.15) is 5.00 Å². The van der Waals surface area contributed by atoms with E-state index in [9.17, 15) is 9.59 Å². The van der Waals surface area contributed by atoms with E-state index in [2.05, 4.69) is 5.32 Å². The molecule has 2 N–H and O–H groups in total. The Morgan fingerprint density at radius 1 is 1.14 bits per heavy atom. The SMILES string of the molecule is COc1cccc(C(=O)Nc2sccc2C(=O)O)c1OC. The number of nitrogens with one attached hydrogen (secondary N) is 1. The molecular weight excluding hydrogens is 294 g/mol. The van der Waals surface area contributed by atoms with Gasteiger partial charge < -0.3 is 19.9 Å². The van der Waals surface area contributed by atoms with Crippen molar-refractivity contribution in [2.75, 3.05) is 19.5 Å². The fourth-order valence-electron chi connectivity index (χ4n) is 1.81. The highest BCUT2D eigenvalue weighted by Gasteiger charge is 2.19. The van der Waals surface area contributed by atoms with Crippen LogP contribution < -0.4 is 14.8 Å². The van der Waals surface area contributed by atoms with E-state index in [0.29, 0.717) is 11.5 Å². The number of anilines is 1. The summed E-state index contributed by atoms with van der Waals surface area (Å²) < 4.78 is 10.3. The molecule has 0 aliphatic heterocycles. The number of carbonyl (C=O) groups is 2. The molecule has 0 radical (unpaired) electrons. The number of methoxy groups -OCH3 is 2. The molecule has 1 heterocycles. The summed E-state index contributed by atoms with van der Waals surface area (Å²) in [5.41, 5.74) is 0.316. The van der Waals surface area contributed by atoms with E-state index in [0.717, 1.165) is 11.3 Å². The Morgan fingerprint density at radius 3 is 2.52 bits per heavy atom. The van der Waals surface area contributed by atoms with Crippen molar-refractivity contribution in [2.45, 2.75) is 0 Å². The van der Waals surface area contributed by atoms with Crippen LogP contribution >= 0.6 is 11.3 Å². The summed E-state index contributed by atoms with van der Waals surface area (Å²) >= 11 is 1.14. The topological polar surface area (TPSA) is 84.9 Å². The normalized spacial score (nSPS) is 10.0. The summed E-state index contributed by atoms with van der Waals surface area (Å²) in [6, 6.07) is 6.34. The van der Waals surface area contributed by atoms with Crippen LogP contribution in [0.2, 0.25) is 0 Å². The van der Waals surface area contributed by atoms with Crippen molar-refractivity contribution in [2.24, 2.45) is 0 Å². The fourth-order valence-corrected chi connectivity index (χ4v) is 2.59. The molecule has 0 atom stereocenters. The second-order valence-corrected chi connectivity index (χ2v) is 4.88. The first-order valence-corrected chi connectivity index (χ1v) is 6.79. The van der Waals surface area contributed by atoms with Crippen LogP contribution in [-0.4, -0.2) is 31.2 Å². The number of hydrogen-bond acceptors (Lipinski definition) is 5. The van der Waals surface area contributed by atoms with E-state index in [1.54, 1.807) is 23.6 Å². The zero-order valence-electron chi connectivity index (χ0n) is 11.4. The van der Waals surface area contributed by atoms with Gasteiger partial charge in [-0.15, -0.1) is 11.3 Å². The van der Waals surface area contributed by atoms with Gasteiger partial charge in [-0.2, -0.15) is 0 Å². The van der Waals surface area contributed by atoms with E-state index in [-0.39, 0.29) is 16.1 Å². The van der Waals surface area contributed by atoms with Gasteiger partial charge in [-0.05, 0) is 23.6 Å². The van der Waals surface area contributed by atoms with Crippen LogP contribution in [0.15, 0.2) is 29.6 Å². The molecule has 21 heavy (non-hydrogen) atoms. The van der Waals surface area contributed by atoms with Crippen LogP contribution in [-0.2, 0) is 0 Å². The number of thiophene rings is 1. The van der Waals surface area contributed by atoms with Gasteiger partial charge in [0.2, 0.25) is 0 Å². The zero-order chi connectivity index (χ0) is 15.4. The summed E-state index contributed by atoms with van der Waals surface area (Å²) in [5, 5.41) is 13.5. The first kappa shape index (κ1) is 14.9. The van der Waals surface area contributed by atoms with Gasteiger partial charge in [-0.25, -0.2) is 4.79 Å². The number of carboxylic acids is 1. The van der Waals surface area contributed by atoms with Crippen molar-refractivity contribution < 1.29 is 24.2 Å². The molecule has 0 spiro atoms. The Hall–Kier alpha value is -2.54. The number of amides is 1. The summed E-state index contributed by atoms with van der Waals surface area (Å²) in [6.45, 7) is 0. The molecule has 0 aliphatic rings. The molecule has 0 bridgehead atoms. The van der Waals surface area contributed by atoms with Crippen molar-refractivity contribution in [3.8, 4) is 11.5 Å². The number of aromatic carboxylic acids is 1. The Balaban J connectivity index is 2.33. The highest BCUT2D eigenvalue weighted by molar-refractivity contribution is 7.14. The Labute approximate surface area is 124 Å². The van der Waals surface area contributed by atoms with Gasteiger partial charge in [0.05, 0.1) is 25.3 Å². The third kappa shape index (κ3) is 2.97. The molecule has 2 aromatic rings. The summed E-state index contributed by atoms with van der Waals surface area (Å²) in [7, 11) is 2.91. The van der Waals surface area contributed by atoms with Crippen LogP contribution in [0.3, 0.4) is 0 Å². The van der Waals surface area contributed by atoms with E-state index < -0.39 is 11.9 Å². The van der Waals surface area contributed by atoms with Crippen LogP contribution in [0, 0.1) is 0 Å². The summed E-state index contributed by atoms with van der Waals surface area (Å²) in [4.78, 5) is 23.3. The number of hydrogen-bond donors (Lipinski definition) is 2. The maximum absolute atomic E-state index is 12.3. The number of carbonyl (C=O) groups excluding carboxylic acids is 1. The van der Waals surface area contributed by atoms with Crippen molar-refractivity contribution in [1.82, 2.24) is 0 Å². The molecule has 1 amide bonds. The monoisotopic (exact) mass is 307 g/mol. The molecule has 0 saturated carbocycles. The predicted octanol–water partition coefficient (Wildman–Crippen LogP) is 2.72. The third-order valence-electron chi connectivity index (χ3n) is 2.77. The molecule has 0 fully saturated rings. The van der Waals surface area contributed by atoms with Crippen LogP contribution in [0.5, 0.6) is 11.5 Å². The van der Waals surface area contributed by atoms with E-state index in [4.69, 9.17) is 14.6 Å². The molecule has 7 heteroatoms. The number of carboxylic acid groups (broad SMARTS) is 1. The second-order valence-electron chi connectivity index (χ2n) is 3.96. The zero-order valence-corrected chi connectivity index (χ0v) is 12.2. The highest BCUT2D eigenvalue weighted by atomic mass is 32.1. The standard InChI is InChI=1S/C14H13NO5S/c1-19-10-5-3-4-8(11(10)20-2)12(16)15-13-9(14(17)18)6-7-21-13/h3-7H,1-2H3,(H,15,16)(H,17,18). The molecular formula is C14H13NO5S. The lowest BCUT2D eigenvalue weighted by Gasteiger charge is -2.12. The van der Waals surface area contributed by atoms with Gasteiger partial charge in [0.25, 0.3) is 5.91 Å². The highest BCUT2D eigenvalue weighted by Crippen LogP contribution is 2.32. The maximum atomic E-state index is 12.3. The molecule has 0 saturated heterocycles.